The lowest BCUT2D eigenvalue weighted by atomic mass is 10.0. The number of hydrogen-bond donors (Lipinski definition) is 1. The van der Waals surface area contributed by atoms with Crippen molar-refractivity contribution in [2.75, 3.05) is 18.5 Å². The molecule has 0 aromatic carbocycles. The van der Waals surface area contributed by atoms with E-state index in [0.717, 1.165) is 6.42 Å². The molecule has 1 unspecified atom stereocenters. The monoisotopic (exact) mass is 252 g/mol. The first-order chi connectivity index (χ1) is 8.43. The van der Waals surface area contributed by atoms with Gasteiger partial charge in [-0.3, -0.25) is 15.1 Å². The van der Waals surface area contributed by atoms with Gasteiger partial charge in [0, 0.05) is 25.8 Å². The van der Waals surface area contributed by atoms with Crippen molar-refractivity contribution in [2.45, 2.75) is 26.3 Å². The van der Waals surface area contributed by atoms with Crippen molar-refractivity contribution >= 4 is 11.4 Å². The van der Waals surface area contributed by atoms with Crippen molar-refractivity contribution in [3.05, 3.63) is 28.6 Å². The fourth-order valence-electron chi connectivity index (χ4n) is 1.64. The zero-order valence-corrected chi connectivity index (χ0v) is 11.0. The molecule has 0 saturated heterocycles. The molecule has 1 heterocycles. The zero-order chi connectivity index (χ0) is 13.7. The standard InChI is InChI=1S/C12H20N4O2/c1-9(2)10(13)5-7-15(3)11-4-6-14-8-12(11)16(17)18/h4,6,8-10H,5,7,13H2,1-3H3. The number of aromatic nitrogens is 1. The Morgan fingerprint density at radius 2 is 2.22 bits per heavy atom. The Morgan fingerprint density at radius 1 is 1.56 bits per heavy atom. The topological polar surface area (TPSA) is 85.3 Å². The van der Waals surface area contributed by atoms with Gasteiger partial charge < -0.3 is 10.6 Å². The maximum absolute atomic E-state index is 10.9. The van der Waals surface area contributed by atoms with Crippen LogP contribution in [0.3, 0.4) is 0 Å². The van der Waals surface area contributed by atoms with Gasteiger partial charge in [0.25, 0.3) is 0 Å². The summed E-state index contributed by atoms with van der Waals surface area (Å²) < 4.78 is 0. The number of anilines is 1. The van der Waals surface area contributed by atoms with Gasteiger partial charge in [-0.1, -0.05) is 13.8 Å². The molecule has 0 aliphatic carbocycles. The van der Waals surface area contributed by atoms with Gasteiger partial charge in [-0.25, -0.2) is 0 Å². The molecule has 100 valence electrons. The largest absolute Gasteiger partial charge is 0.369 e. The molecule has 1 atom stereocenters. The van der Waals surface area contributed by atoms with E-state index in [1.165, 1.54) is 6.20 Å². The molecule has 6 heteroatoms. The summed E-state index contributed by atoms with van der Waals surface area (Å²) in [7, 11) is 1.83. The number of nitrogens with two attached hydrogens (primary N) is 1. The van der Waals surface area contributed by atoms with Gasteiger partial charge in [0.05, 0.1) is 4.92 Å². The highest BCUT2D eigenvalue weighted by molar-refractivity contribution is 5.61. The number of hydrogen-bond acceptors (Lipinski definition) is 5. The maximum atomic E-state index is 10.9. The summed E-state index contributed by atoms with van der Waals surface area (Å²) in [4.78, 5) is 16.1. The van der Waals surface area contributed by atoms with Crippen LogP contribution in [-0.4, -0.2) is 29.5 Å². The number of rotatable bonds is 6. The van der Waals surface area contributed by atoms with E-state index in [2.05, 4.69) is 18.8 Å². The molecular formula is C12H20N4O2. The summed E-state index contributed by atoms with van der Waals surface area (Å²) in [5.41, 5.74) is 6.57. The average molecular weight is 252 g/mol. The van der Waals surface area contributed by atoms with E-state index in [-0.39, 0.29) is 11.7 Å². The number of pyridine rings is 1. The zero-order valence-electron chi connectivity index (χ0n) is 11.0. The van der Waals surface area contributed by atoms with Crippen molar-refractivity contribution in [1.82, 2.24) is 4.98 Å². The molecule has 0 aliphatic heterocycles. The third-order valence-corrected chi connectivity index (χ3v) is 3.04. The molecule has 0 amide bonds. The summed E-state index contributed by atoms with van der Waals surface area (Å²) >= 11 is 0. The van der Waals surface area contributed by atoms with Gasteiger partial charge in [-0.05, 0) is 18.4 Å². The fourth-order valence-corrected chi connectivity index (χ4v) is 1.64. The van der Waals surface area contributed by atoms with E-state index in [1.807, 2.05) is 11.9 Å². The van der Waals surface area contributed by atoms with Crippen LogP contribution in [0.4, 0.5) is 11.4 Å². The average Bonchev–Trinajstić information content (AvgIpc) is 2.35. The highest BCUT2D eigenvalue weighted by Gasteiger charge is 2.17. The van der Waals surface area contributed by atoms with Gasteiger partial charge in [0.2, 0.25) is 0 Å². The van der Waals surface area contributed by atoms with Gasteiger partial charge in [0.1, 0.15) is 11.9 Å². The van der Waals surface area contributed by atoms with E-state index < -0.39 is 4.92 Å². The van der Waals surface area contributed by atoms with Crippen LogP contribution >= 0.6 is 0 Å². The Morgan fingerprint density at radius 3 is 2.78 bits per heavy atom. The van der Waals surface area contributed by atoms with Crippen molar-refractivity contribution in [3.8, 4) is 0 Å². The third-order valence-electron chi connectivity index (χ3n) is 3.04. The van der Waals surface area contributed by atoms with E-state index in [4.69, 9.17) is 5.73 Å². The van der Waals surface area contributed by atoms with Crippen LogP contribution in [0, 0.1) is 16.0 Å². The third kappa shape index (κ3) is 3.66. The molecule has 6 nitrogen and oxygen atoms in total. The van der Waals surface area contributed by atoms with Crippen molar-refractivity contribution in [2.24, 2.45) is 11.7 Å². The Hall–Kier alpha value is -1.69. The molecule has 0 spiro atoms. The molecule has 0 bridgehead atoms. The minimum absolute atomic E-state index is 0.0260. The van der Waals surface area contributed by atoms with E-state index in [0.29, 0.717) is 18.2 Å². The fraction of sp³-hybridized carbons (Fsp3) is 0.583. The van der Waals surface area contributed by atoms with Crippen LogP contribution < -0.4 is 10.6 Å². The Labute approximate surface area is 107 Å². The molecule has 1 aromatic rings. The van der Waals surface area contributed by atoms with E-state index in [9.17, 15) is 10.1 Å². The van der Waals surface area contributed by atoms with Crippen LogP contribution in [0.1, 0.15) is 20.3 Å². The summed E-state index contributed by atoms with van der Waals surface area (Å²) in [6.07, 6.45) is 3.63. The lowest BCUT2D eigenvalue weighted by Gasteiger charge is -2.22. The van der Waals surface area contributed by atoms with Crippen LogP contribution in [-0.2, 0) is 0 Å². The minimum atomic E-state index is -0.415. The minimum Gasteiger partial charge on any atom is -0.369 e. The Bertz CT molecular complexity index is 409. The summed E-state index contributed by atoms with van der Waals surface area (Å²) in [5, 5.41) is 10.9. The second-order valence-corrected chi connectivity index (χ2v) is 4.74. The molecule has 0 fully saturated rings. The predicted octanol–water partition coefficient (Wildman–Crippen LogP) is 1.80. The molecule has 0 saturated carbocycles. The van der Waals surface area contributed by atoms with Crippen LogP contribution in [0.15, 0.2) is 18.5 Å². The van der Waals surface area contributed by atoms with Crippen molar-refractivity contribution < 1.29 is 4.92 Å². The highest BCUT2D eigenvalue weighted by Crippen LogP contribution is 2.25. The molecular weight excluding hydrogens is 232 g/mol. The summed E-state index contributed by atoms with van der Waals surface area (Å²) in [6, 6.07) is 1.76. The van der Waals surface area contributed by atoms with Crippen LogP contribution in [0.2, 0.25) is 0 Å². The highest BCUT2D eigenvalue weighted by atomic mass is 16.6. The molecule has 18 heavy (non-hydrogen) atoms. The smallest absolute Gasteiger partial charge is 0.310 e. The summed E-state index contributed by atoms with van der Waals surface area (Å²) in [6.45, 7) is 4.82. The first kappa shape index (κ1) is 14.4. The Kier molecular flexibility index (Phi) is 5.03. The molecule has 1 aromatic heterocycles. The predicted molar refractivity (Wildman–Crippen MR) is 71.6 cm³/mol. The molecule has 0 radical (unpaired) electrons. The second kappa shape index (κ2) is 6.30. The van der Waals surface area contributed by atoms with Crippen LogP contribution in [0.25, 0.3) is 0 Å². The van der Waals surface area contributed by atoms with Gasteiger partial charge in [-0.2, -0.15) is 0 Å². The first-order valence-corrected chi connectivity index (χ1v) is 5.98. The lowest BCUT2D eigenvalue weighted by Crippen LogP contribution is -2.32. The lowest BCUT2D eigenvalue weighted by molar-refractivity contribution is -0.384. The SMILES string of the molecule is CC(C)C(N)CCN(C)c1ccncc1[N+](=O)[O-]. The Balaban J connectivity index is 2.72. The molecule has 1 rings (SSSR count). The normalized spacial score (nSPS) is 12.5. The molecule has 2 N–H and O–H groups in total. The number of nitrogens with zero attached hydrogens (tertiary/aromatic N) is 3. The molecule has 0 aliphatic rings. The van der Waals surface area contributed by atoms with Crippen molar-refractivity contribution in [1.29, 1.82) is 0 Å². The maximum Gasteiger partial charge on any atom is 0.310 e. The van der Waals surface area contributed by atoms with Crippen LogP contribution in [0.5, 0.6) is 0 Å². The van der Waals surface area contributed by atoms with Gasteiger partial charge >= 0.3 is 5.69 Å². The second-order valence-electron chi connectivity index (χ2n) is 4.74. The summed E-state index contributed by atoms with van der Waals surface area (Å²) in [5.74, 6) is 0.408. The van der Waals surface area contributed by atoms with E-state index in [1.54, 1.807) is 12.3 Å². The van der Waals surface area contributed by atoms with E-state index >= 15 is 0 Å². The van der Waals surface area contributed by atoms with Crippen molar-refractivity contribution in [3.63, 3.8) is 0 Å². The number of nitro groups is 1. The quantitative estimate of drug-likeness (QED) is 0.616. The first-order valence-electron chi connectivity index (χ1n) is 5.98. The van der Waals surface area contributed by atoms with Gasteiger partial charge in [0.15, 0.2) is 0 Å². The van der Waals surface area contributed by atoms with Gasteiger partial charge in [-0.15, -0.1) is 0 Å².